The molecule has 0 fully saturated rings. The molecular formula is C16H23NO5. The highest BCUT2D eigenvalue weighted by molar-refractivity contribution is 5.87. The molecule has 1 aromatic rings. The molecule has 0 aliphatic heterocycles. The van der Waals surface area contributed by atoms with Crippen LogP contribution in [0.1, 0.15) is 25.8 Å². The Balaban J connectivity index is 2.63. The Morgan fingerprint density at radius 3 is 2.27 bits per heavy atom. The fourth-order valence-electron chi connectivity index (χ4n) is 2.01. The SMILES string of the molecule is COC(=O)C(C)(C)NC(=O)CCc1ccc(OC)c(OC)c1. The fourth-order valence-corrected chi connectivity index (χ4v) is 2.01. The number of methoxy groups -OCH3 is 3. The predicted octanol–water partition coefficient (Wildman–Crippen LogP) is 1.70. The number of carbonyl (C=O) groups is 2. The summed E-state index contributed by atoms with van der Waals surface area (Å²) in [6.45, 7) is 3.21. The first kappa shape index (κ1) is 17.8. The number of benzene rings is 1. The third kappa shape index (κ3) is 4.65. The zero-order chi connectivity index (χ0) is 16.8. The smallest absolute Gasteiger partial charge is 0.330 e. The molecule has 0 saturated carbocycles. The van der Waals surface area contributed by atoms with Gasteiger partial charge in [0.25, 0.3) is 0 Å². The van der Waals surface area contributed by atoms with Crippen molar-refractivity contribution >= 4 is 11.9 Å². The molecule has 0 heterocycles. The number of hydrogen-bond donors (Lipinski definition) is 1. The Morgan fingerprint density at radius 2 is 1.73 bits per heavy atom. The Morgan fingerprint density at radius 1 is 1.09 bits per heavy atom. The molecule has 0 unspecified atom stereocenters. The Bertz CT molecular complexity index is 539. The van der Waals surface area contributed by atoms with Gasteiger partial charge in [-0.2, -0.15) is 0 Å². The normalized spacial score (nSPS) is 10.8. The molecule has 0 saturated heterocycles. The van der Waals surface area contributed by atoms with E-state index in [2.05, 4.69) is 10.1 Å². The Labute approximate surface area is 130 Å². The van der Waals surface area contributed by atoms with Gasteiger partial charge in [-0.05, 0) is 38.0 Å². The quantitative estimate of drug-likeness (QED) is 0.776. The topological polar surface area (TPSA) is 73.9 Å². The van der Waals surface area contributed by atoms with Gasteiger partial charge >= 0.3 is 5.97 Å². The molecular weight excluding hydrogens is 286 g/mol. The van der Waals surface area contributed by atoms with Crippen LogP contribution in [0.25, 0.3) is 0 Å². The number of ether oxygens (including phenoxy) is 3. The average molecular weight is 309 g/mol. The summed E-state index contributed by atoms with van der Waals surface area (Å²) in [7, 11) is 4.42. The van der Waals surface area contributed by atoms with E-state index in [1.807, 2.05) is 12.1 Å². The van der Waals surface area contributed by atoms with Gasteiger partial charge in [0.05, 0.1) is 21.3 Å². The highest BCUT2D eigenvalue weighted by Crippen LogP contribution is 2.27. The van der Waals surface area contributed by atoms with Crippen molar-refractivity contribution in [2.75, 3.05) is 21.3 Å². The van der Waals surface area contributed by atoms with E-state index in [9.17, 15) is 9.59 Å². The first-order chi connectivity index (χ1) is 10.3. The predicted molar refractivity (Wildman–Crippen MR) is 82.1 cm³/mol. The van der Waals surface area contributed by atoms with Crippen LogP contribution in [0.3, 0.4) is 0 Å². The number of carbonyl (C=O) groups excluding carboxylic acids is 2. The average Bonchev–Trinajstić information content (AvgIpc) is 2.51. The molecule has 0 bridgehead atoms. The largest absolute Gasteiger partial charge is 0.493 e. The third-order valence-corrected chi connectivity index (χ3v) is 3.24. The second-order valence-electron chi connectivity index (χ2n) is 5.35. The Kier molecular flexibility index (Phi) is 6.22. The zero-order valence-corrected chi connectivity index (χ0v) is 13.7. The number of esters is 1. The van der Waals surface area contributed by atoms with Gasteiger partial charge in [0, 0.05) is 6.42 Å². The summed E-state index contributed by atoms with van der Waals surface area (Å²) in [4.78, 5) is 23.5. The van der Waals surface area contributed by atoms with Crippen molar-refractivity contribution in [3.05, 3.63) is 23.8 Å². The highest BCUT2D eigenvalue weighted by Gasteiger charge is 2.30. The highest BCUT2D eigenvalue weighted by atomic mass is 16.5. The van der Waals surface area contributed by atoms with Gasteiger partial charge in [0.15, 0.2) is 11.5 Å². The van der Waals surface area contributed by atoms with Crippen molar-refractivity contribution in [1.29, 1.82) is 0 Å². The van der Waals surface area contributed by atoms with Crippen LogP contribution in [0.2, 0.25) is 0 Å². The van der Waals surface area contributed by atoms with Crippen LogP contribution >= 0.6 is 0 Å². The van der Waals surface area contributed by atoms with Gasteiger partial charge in [-0.3, -0.25) is 4.79 Å². The minimum atomic E-state index is -1.04. The van der Waals surface area contributed by atoms with Crippen LogP contribution in [0.15, 0.2) is 18.2 Å². The third-order valence-electron chi connectivity index (χ3n) is 3.24. The molecule has 0 spiro atoms. The fraction of sp³-hybridized carbons (Fsp3) is 0.500. The first-order valence-electron chi connectivity index (χ1n) is 6.94. The molecule has 1 aromatic carbocycles. The lowest BCUT2D eigenvalue weighted by molar-refractivity contribution is -0.149. The van der Waals surface area contributed by atoms with Crippen molar-refractivity contribution < 1.29 is 23.8 Å². The second-order valence-corrected chi connectivity index (χ2v) is 5.35. The van der Waals surface area contributed by atoms with Crippen molar-refractivity contribution in [2.24, 2.45) is 0 Å². The minimum Gasteiger partial charge on any atom is -0.493 e. The van der Waals surface area contributed by atoms with E-state index in [1.54, 1.807) is 34.1 Å². The number of hydrogen-bond acceptors (Lipinski definition) is 5. The monoisotopic (exact) mass is 309 g/mol. The Hall–Kier alpha value is -2.24. The number of rotatable bonds is 7. The van der Waals surface area contributed by atoms with E-state index in [0.29, 0.717) is 17.9 Å². The van der Waals surface area contributed by atoms with E-state index >= 15 is 0 Å². The first-order valence-corrected chi connectivity index (χ1v) is 6.94. The molecule has 0 aliphatic rings. The van der Waals surface area contributed by atoms with Crippen LogP contribution in [-0.2, 0) is 20.7 Å². The molecule has 0 atom stereocenters. The van der Waals surface area contributed by atoms with E-state index < -0.39 is 11.5 Å². The molecule has 1 rings (SSSR count). The summed E-state index contributed by atoms with van der Waals surface area (Å²) in [5, 5.41) is 2.66. The summed E-state index contributed by atoms with van der Waals surface area (Å²) in [5.41, 5.74) is -0.0904. The van der Waals surface area contributed by atoms with E-state index in [0.717, 1.165) is 5.56 Å². The van der Waals surface area contributed by atoms with Gasteiger partial charge in [-0.15, -0.1) is 0 Å². The van der Waals surface area contributed by atoms with Crippen LogP contribution < -0.4 is 14.8 Å². The number of aryl methyl sites for hydroxylation is 1. The van der Waals surface area contributed by atoms with E-state index in [1.165, 1.54) is 7.11 Å². The van der Waals surface area contributed by atoms with E-state index in [-0.39, 0.29) is 12.3 Å². The molecule has 6 nitrogen and oxygen atoms in total. The lowest BCUT2D eigenvalue weighted by Gasteiger charge is -2.23. The summed E-state index contributed by atoms with van der Waals surface area (Å²) >= 11 is 0. The van der Waals surface area contributed by atoms with Crippen LogP contribution in [0.5, 0.6) is 11.5 Å². The summed E-state index contributed by atoms with van der Waals surface area (Å²) in [6.07, 6.45) is 0.791. The second kappa shape index (κ2) is 7.68. The lowest BCUT2D eigenvalue weighted by atomic mass is 10.0. The maximum Gasteiger partial charge on any atom is 0.330 e. The maximum atomic E-state index is 12.0. The molecule has 6 heteroatoms. The molecule has 0 aromatic heterocycles. The van der Waals surface area contributed by atoms with Gasteiger partial charge < -0.3 is 19.5 Å². The van der Waals surface area contributed by atoms with Gasteiger partial charge in [0.2, 0.25) is 5.91 Å². The molecule has 1 N–H and O–H groups in total. The van der Waals surface area contributed by atoms with Crippen molar-refractivity contribution in [3.8, 4) is 11.5 Å². The molecule has 22 heavy (non-hydrogen) atoms. The van der Waals surface area contributed by atoms with Gasteiger partial charge in [0.1, 0.15) is 5.54 Å². The maximum absolute atomic E-state index is 12.0. The number of amides is 1. The molecule has 0 radical (unpaired) electrons. The van der Waals surface area contributed by atoms with Crippen LogP contribution in [0.4, 0.5) is 0 Å². The van der Waals surface area contributed by atoms with E-state index in [4.69, 9.17) is 9.47 Å². The molecule has 0 aliphatic carbocycles. The lowest BCUT2D eigenvalue weighted by Crippen LogP contribution is -2.50. The minimum absolute atomic E-state index is 0.217. The summed E-state index contributed by atoms with van der Waals surface area (Å²) in [5.74, 6) is 0.565. The summed E-state index contributed by atoms with van der Waals surface area (Å²) in [6, 6.07) is 5.50. The number of nitrogens with one attached hydrogen (secondary N) is 1. The zero-order valence-electron chi connectivity index (χ0n) is 13.7. The standard InChI is InChI=1S/C16H23NO5/c1-16(2,15(19)22-5)17-14(18)9-7-11-6-8-12(20-3)13(10-11)21-4/h6,8,10H,7,9H2,1-5H3,(H,17,18). The van der Waals surface area contributed by atoms with Crippen LogP contribution in [-0.4, -0.2) is 38.7 Å². The van der Waals surface area contributed by atoms with Crippen molar-refractivity contribution in [3.63, 3.8) is 0 Å². The van der Waals surface area contributed by atoms with Gasteiger partial charge in [-0.1, -0.05) is 6.07 Å². The van der Waals surface area contributed by atoms with Crippen LogP contribution in [0, 0.1) is 0 Å². The molecule has 122 valence electrons. The van der Waals surface area contributed by atoms with Gasteiger partial charge in [-0.25, -0.2) is 4.79 Å². The van der Waals surface area contributed by atoms with Crippen molar-refractivity contribution in [2.45, 2.75) is 32.2 Å². The summed E-state index contributed by atoms with van der Waals surface area (Å²) < 4.78 is 15.0. The molecule has 1 amide bonds. The van der Waals surface area contributed by atoms with Crippen molar-refractivity contribution in [1.82, 2.24) is 5.32 Å².